The Balaban J connectivity index is 1.93. The highest BCUT2D eigenvalue weighted by atomic mass is 16.1. The van der Waals surface area contributed by atoms with E-state index in [9.17, 15) is 4.79 Å². The Morgan fingerprint density at radius 1 is 1.11 bits per heavy atom. The van der Waals surface area contributed by atoms with E-state index in [1.54, 1.807) is 0 Å². The van der Waals surface area contributed by atoms with Gasteiger partial charge in [-0.3, -0.25) is 4.79 Å². The zero-order valence-corrected chi connectivity index (χ0v) is 10.6. The maximum Gasteiger partial charge on any atom is 0.150 e. The molecular formula is C17H15NO. The van der Waals surface area contributed by atoms with E-state index in [0.29, 0.717) is 0 Å². The number of aldehydes is 1. The van der Waals surface area contributed by atoms with Crippen LogP contribution in [0.1, 0.15) is 21.5 Å². The smallest absolute Gasteiger partial charge is 0.150 e. The van der Waals surface area contributed by atoms with Gasteiger partial charge in [-0.05, 0) is 17.2 Å². The molecule has 0 fully saturated rings. The molecule has 1 aliphatic rings. The number of carbonyl (C=O) groups excluding carboxylic acids is 1. The summed E-state index contributed by atoms with van der Waals surface area (Å²) in [6.07, 6.45) is 5.18. The van der Waals surface area contributed by atoms with Crippen LogP contribution in [-0.4, -0.2) is 12.8 Å². The topological polar surface area (TPSA) is 20.3 Å². The fourth-order valence-electron chi connectivity index (χ4n) is 2.41. The van der Waals surface area contributed by atoms with Gasteiger partial charge in [0.05, 0.1) is 0 Å². The van der Waals surface area contributed by atoms with Crippen LogP contribution in [0.15, 0.2) is 54.6 Å². The second-order valence-electron chi connectivity index (χ2n) is 4.70. The van der Waals surface area contributed by atoms with Crippen LogP contribution in [-0.2, 0) is 6.54 Å². The summed E-state index contributed by atoms with van der Waals surface area (Å²) in [6.45, 7) is 1.74. The van der Waals surface area contributed by atoms with Crippen LogP contribution < -0.4 is 4.90 Å². The van der Waals surface area contributed by atoms with Gasteiger partial charge in [0, 0.05) is 24.3 Å². The van der Waals surface area contributed by atoms with Crippen LogP contribution in [0.2, 0.25) is 0 Å². The highest BCUT2D eigenvalue weighted by Crippen LogP contribution is 2.28. The second kappa shape index (κ2) is 5.11. The lowest BCUT2D eigenvalue weighted by Crippen LogP contribution is -2.25. The van der Waals surface area contributed by atoms with Crippen LogP contribution in [0, 0.1) is 0 Å². The first-order valence-corrected chi connectivity index (χ1v) is 6.41. The van der Waals surface area contributed by atoms with Crippen LogP contribution in [0.5, 0.6) is 0 Å². The number of fused-ring (bicyclic) bond motifs is 1. The Hall–Kier alpha value is -2.35. The standard InChI is InChI=1S/C17H15NO/c19-13-15-8-9-16-7-4-10-18(17(16)11-15)12-14-5-2-1-3-6-14/h1-9,11,13H,10,12H2. The molecule has 94 valence electrons. The van der Waals surface area contributed by atoms with Crippen LogP contribution in [0.4, 0.5) is 5.69 Å². The van der Waals surface area contributed by atoms with E-state index in [1.165, 1.54) is 11.1 Å². The maximum absolute atomic E-state index is 10.9. The third kappa shape index (κ3) is 2.43. The van der Waals surface area contributed by atoms with Crippen molar-refractivity contribution in [3.05, 3.63) is 71.3 Å². The van der Waals surface area contributed by atoms with E-state index < -0.39 is 0 Å². The molecule has 2 nitrogen and oxygen atoms in total. The molecule has 0 aliphatic carbocycles. The Bertz CT molecular complexity index is 616. The first kappa shape index (κ1) is 11.7. The van der Waals surface area contributed by atoms with Crippen molar-refractivity contribution in [1.82, 2.24) is 0 Å². The zero-order chi connectivity index (χ0) is 13.1. The Kier molecular flexibility index (Phi) is 3.15. The third-order valence-corrected chi connectivity index (χ3v) is 3.37. The molecular weight excluding hydrogens is 234 g/mol. The molecule has 1 heterocycles. The van der Waals surface area contributed by atoms with Gasteiger partial charge in [0.15, 0.2) is 0 Å². The van der Waals surface area contributed by atoms with Crippen molar-refractivity contribution in [3.63, 3.8) is 0 Å². The Morgan fingerprint density at radius 3 is 2.74 bits per heavy atom. The molecule has 0 unspecified atom stereocenters. The SMILES string of the molecule is O=Cc1ccc2c(c1)N(Cc1ccccc1)CC=C2. The van der Waals surface area contributed by atoms with E-state index in [4.69, 9.17) is 0 Å². The van der Waals surface area contributed by atoms with Crippen molar-refractivity contribution in [2.75, 3.05) is 11.4 Å². The third-order valence-electron chi connectivity index (χ3n) is 3.37. The maximum atomic E-state index is 10.9. The van der Waals surface area contributed by atoms with Crippen molar-refractivity contribution in [2.24, 2.45) is 0 Å². The minimum atomic E-state index is 0.729. The van der Waals surface area contributed by atoms with Gasteiger partial charge in [0.1, 0.15) is 6.29 Å². The fourth-order valence-corrected chi connectivity index (χ4v) is 2.41. The van der Waals surface area contributed by atoms with Crippen molar-refractivity contribution in [3.8, 4) is 0 Å². The molecule has 2 heteroatoms. The van der Waals surface area contributed by atoms with Crippen LogP contribution in [0.3, 0.4) is 0 Å². The molecule has 0 amide bonds. The molecule has 0 bridgehead atoms. The quantitative estimate of drug-likeness (QED) is 0.775. The average Bonchev–Trinajstić information content (AvgIpc) is 2.48. The van der Waals surface area contributed by atoms with E-state index in [-0.39, 0.29) is 0 Å². The van der Waals surface area contributed by atoms with Gasteiger partial charge in [-0.15, -0.1) is 0 Å². The molecule has 0 saturated carbocycles. The molecule has 2 aromatic rings. The molecule has 0 saturated heterocycles. The molecule has 0 atom stereocenters. The van der Waals surface area contributed by atoms with Crippen LogP contribution in [0.25, 0.3) is 6.08 Å². The molecule has 19 heavy (non-hydrogen) atoms. The first-order chi connectivity index (χ1) is 9.36. The van der Waals surface area contributed by atoms with E-state index >= 15 is 0 Å². The lowest BCUT2D eigenvalue weighted by atomic mass is 10.0. The lowest BCUT2D eigenvalue weighted by molar-refractivity contribution is 0.112. The van der Waals surface area contributed by atoms with Gasteiger partial charge in [0.25, 0.3) is 0 Å². The van der Waals surface area contributed by atoms with Gasteiger partial charge in [-0.1, -0.05) is 54.6 Å². The second-order valence-corrected chi connectivity index (χ2v) is 4.70. The monoisotopic (exact) mass is 249 g/mol. The Morgan fingerprint density at radius 2 is 1.95 bits per heavy atom. The van der Waals surface area contributed by atoms with Crippen molar-refractivity contribution < 1.29 is 4.79 Å². The van der Waals surface area contributed by atoms with Gasteiger partial charge < -0.3 is 4.90 Å². The zero-order valence-electron chi connectivity index (χ0n) is 10.6. The van der Waals surface area contributed by atoms with Crippen molar-refractivity contribution in [2.45, 2.75) is 6.54 Å². The minimum Gasteiger partial charge on any atom is -0.363 e. The predicted molar refractivity (Wildman–Crippen MR) is 78.4 cm³/mol. The van der Waals surface area contributed by atoms with Gasteiger partial charge in [-0.2, -0.15) is 0 Å². The number of hydrogen-bond donors (Lipinski definition) is 0. The number of nitrogens with zero attached hydrogens (tertiary/aromatic N) is 1. The largest absolute Gasteiger partial charge is 0.363 e. The van der Waals surface area contributed by atoms with Crippen LogP contribution >= 0.6 is 0 Å². The predicted octanol–water partition coefficient (Wildman–Crippen LogP) is 3.53. The summed E-state index contributed by atoms with van der Waals surface area (Å²) in [4.78, 5) is 13.2. The number of benzene rings is 2. The normalized spacial score (nSPS) is 13.2. The summed E-state index contributed by atoms with van der Waals surface area (Å²) >= 11 is 0. The average molecular weight is 249 g/mol. The summed E-state index contributed by atoms with van der Waals surface area (Å²) in [5.74, 6) is 0. The van der Waals surface area contributed by atoms with Crippen molar-refractivity contribution >= 4 is 18.0 Å². The first-order valence-electron chi connectivity index (χ1n) is 6.41. The Labute approximate surface area is 113 Å². The number of hydrogen-bond acceptors (Lipinski definition) is 2. The van der Waals surface area contributed by atoms with E-state index in [2.05, 4.69) is 41.3 Å². The molecule has 1 aliphatic heterocycles. The summed E-state index contributed by atoms with van der Waals surface area (Å²) < 4.78 is 0. The van der Waals surface area contributed by atoms with Crippen molar-refractivity contribution in [1.29, 1.82) is 0 Å². The summed E-state index contributed by atoms with van der Waals surface area (Å²) in [6, 6.07) is 16.2. The summed E-state index contributed by atoms with van der Waals surface area (Å²) in [5.41, 5.74) is 4.32. The van der Waals surface area contributed by atoms with E-state index in [1.807, 2.05) is 24.3 Å². The highest BCUT2D eigenvalue weighted by molar-refractivity contribution is 5.81. The fraction of sp³-hybridized carbons (Fsp3) is 0.118. The number of carbonyl (C=O) groups is 1. The lowest BCUT2D eigenvalue weighted by Gasteiger charge is -2.28. The van der Waals surface area contributed by atoms with E-state index in [0.717, 1.165) is 30.6 Å². The number of rotatable bonds is 3. The van der Waals surface area contributed by atoms with Gasteiger partial charge >= 0.3 is 0 Å². The molecule has 0 aromatic heterocycles. The molecule has 0 radical (unpaired) electrons. The number of anilines is 1. The summed E-state index contributed by atoms with van der Waals surface area (Å²) in [7, 11) is 0. The molecule has 2 aromatic carbocycles. The van der Waals surface area contributed by atoms with Gasteiger partial charge in [-0.25, -0.2) is 0 Å². The minimum absolute atomic E-state index is 0.729. The summed E-state index contributed by atoms with van der Waals surface area (Å²) in [5, 5.41) is 0. The highest BCUT2D eigenvalue weighted by Gasteiger charge is 2.13. The molecule has 0 N–H and O–H groups in total. The van der Waals surface area contributed by atoms with Gasteiger partial charge in [0.2, 0.25) is 0 Å². The molecule has 3 rings (SSSR count). The molecule has 0 spiro atoms.